The average molecular weight is 453 g/mol. The van der Waals surface area contributed by atoms with Crippen LogP contribution in [0.15, 0.2) is 72.8 Å². The molecule has 0 saturated heterocycles. The lowest BCUT2D eigenvalue weighted by atomic mass is 10.0. The summed E-state index contributed by atoms with van der Waals surface area (Å²) in [5.41, 5.74) is 7.37. The molecule has 0 heterocycles. The summed E-state index contributed by atoms with van der Waals surface area (Å²) in [4.78, 5) is 24.8. The molecular weight excluding hydrogens is 424 g/mol. The second-order valence-corrected chi connectivity index (χ2v) is 8.77. The molecule has 0 radical (unpaired) electrons. The first-order valence-electron chi connectivity index (χ1n) is 11.3. The summed E-state index contributed by atoms with van der Waals surface area (Å²) in [5.74, 6) is -0.659. The normalized spacial score (nSPS) is 10.8. The van der Waals surface area contributed by atoms with E-state index in [-0.39, 0.29) is 25.2 Å². The van der Waals surface area contributed by atoms with Gasteiger partial charge in [-0.1, -0.05) is 36.4 Å². The standard InChI is InChI=1S/C30H28O4/c1-19-5-9-27(13-21(19)3)29(31)33-17-23-7-11-26-16-24(8-12-25(26)15-23)18-34-30(32)28-10-6-20(2)22(4)14-28/h5-16H,17-18H2,1-4H3. The van der Waals surface area contributed by atoms with Gasteiger partial charge in [0.15, 0.2) is 0 Å². The lowest BCUT2D eigenvalue weighted by molar-refractivity contribution is 0.0464. The van der Waals surface area contributed by atoms with E-state index in [1.807, 2.05) is 88.4 Å². The molecule has 4 heteroatoms. The SMILES string of the molecule is Cc1ccc(C(=O)OCc2ccc3cc(COC(=O)c4ccc(C)c(C)c4)ccc3c2)cc1C. The molecule has 34 heavy (non-hydrogen) atoms. The van der Waals surface area contributed by atoms with Crippen molar-refractivity contribution in [3.05, 3.63) is 117 Å². The van der Waals surface area contributed by atoms with Crippen LogP contribution < -0.4 is 0 Å². The number of esters is 2. The van der Waals surface area contributed by atoms with E-state index in [4.69, 9.17) is 9.47 Å². The minimum atomic E-state index is -0.330. The smallest absolute Gasteiger partial charge is 0.338 e. The van der Waals surface area contributed by atoms with E-state index in [9.17, 15) is 9.59 Å². The molecule has 4 nitrogen and oxygen atoms in total. The molecule has 4 aromatic rings. The van der Waals surface area contributed by atoms with Crippen LogP contribution >= 0.6 is 0 Å². The third kappa shape index (κ3) is 5.34. The Hall–Kier alpha value is -3.92. The molecular formula is C30H28O4. The van der Waals surface area contributed by atoms with Crippen LogP contribution in [0.5, 0.6) is 0 Å². The molecule has 0 amide bonds. The number of aryl methyl sites for hydroxylation is 4. The molecule has 0 atom stereocenters. The monoisotopic (exact) mass is 452 g/mol. The zero-order chi connectivity index (χ0) is 24.2. The summed E-state index contributed by atoms with van der Waals surface area (Å²) in [6.45, 7) is 8.40. The summed E-state index contributed by atoms with van der Waals surface area (Å²) in [6, 6.07) is 23.0. The van der Waals surface area contributed by atoms with Gasteiger partial charge in [-0.2, -0.15) is 0 Å². The van der Waals surface area contributed by atoms with Gasteiger partial charge in [-0.15, -0.1) is 0 Å². The van der Waals surface area contributed by atoms with E-state index in [1.54, 1.807) is 12.1 Å². The number of ether oxygens (including phenoxy) is 2. The van der Waals surface area contributed by atoms with Gasteiger partial charge in [0.25, 0.3) is 0 Å². The number of benzene rings is 4. The van der Waals surface area contributed by atoms with Crippen molar-refractivity contribution in [2.75, 3.05) is 0 Å². The van der Waals surface area contributed by atoms with Crippen molar-refractivity contribution in [3.63, 3.8) is 0 Å². The first-order chi connectivity index (χ1) is 16.3. The molecule has 4 rings (SSSR count). The van der Waals surface area contributed by atoms with E-state index in [1.165, 1.54) is 0 Å². The predicted molar refractivity (Wildman–Crippen MR) is 134 cm³/mol. The molecule has 0 saturated carbocycles. The molecule has 0 aliphatic carbocycles. The molecule has 0 aliphatic heterocycles. The van der Waals surface area contributed by atoms with E-state index in [0.29, 0.717) is 11.1 Å². The van der Waals surface area contributed by atoms with E-state index >= 15 is 0 Å². The summed E-state index contributed by atoms with van der Waals surface area (Å²) in [5, 5.41) is 2.06. The van der Waals surface area contributed by atoms with E-state index < -0.39 is 0 Å². The molecule has 0 unspecified atom stereocenters. The maximum Gasteiger partial charge on any atom is 0.338 e. The summed E-state index contributed by atoms with van der Waals surface area (Å²) in [6.07, 6.45) is 0. The summed E-state index contributed by atoms with van der Waals surface area (Å²) >= 11 is 0. The van der Waals surface area contributed by atoms with Crippen molar-refractivity contribution in [2.24, 2.45) is 0 Å². The van der Waals surface area contributed by atoms with Crippen LogP contribution in [-0.2, 0) is 22.7 Å². The number of rotatable bonds is 6. The Labute approximate surface area is 200 Å². The Kier molecular flexibility index (Phi) is 6.78. The Morgan fingerprint density at radius 3 is 1.32 bits per heavy atom. The van der Waals surface area contributed by atoms with Gasteiger partial charge in [0.1, 0.15) is 13.2 Å². The summed E-state index contributed by atoms with van der Waals surface area (Å²) in [7, 11) is 0. The van der Waals surface area contributed by atoms with Crippen LogP contribution in [-0.4, -0.2) is 11.9 Å². The highest BCUT2D eigenvalue weighted by Crippen LogP contribution is 2.20. The number of carbonyl (C=O) groups is 2. The van der Waals surface area contributed by atoms with Gasteiger partial charge >= 0.3 is 11.9 Å². The van der Waals surface area contributed by atoms with Gasteiger partial charge in [-0.05, 0) is 108 Å². The van der Waals surface area contributed by atoms with Crippen molar-refractivity contribution in [1.29, 1.82) is 0 Å². The first-order valence-corrected chi connectivity index (χ1v) is 11.3. The van der Waals surface area contributed by atoms with Crippen molar-refractivity contribution in [3.8, 4) is 0 Å². The van der Waals surface area contributed by atoms with Gasteiger partial charge in [0.05, 0.1) is 11.1 Å². The second kappa shape index (κ2) is 9.92. The minimum Gasteiger partial charge on any atom is -0.457 e. The third-order valence-electron chi connectivity index (χ3n) is 6.19. The quantitative estimate of drug-likeness (QED) is 0.302. The molecule has 0 fully saturated rings. The van der Waals surface area contributed by atoms with Crippen LogP contribution in [0.1, 0.15) is 54.1 Å². The zero-order valence-corrected chi connectivity index (χ0v) is 20.0. The number of fused-ring (bicyclic) bond motifs is 1. The Morgan fingerprint density at radius 1 is 0.529 bits per heavy atom. The summed E-state index contributed by atoms with van der Waals surface area (Å²) < 4.78 is 11.0. The van der Waals surface area contributed by atoms with Crippen LogP contribution in [0.3, 0.4) is 0 Å². The van der Waals surface area contributed by atoms with Crippen molar-refractivity contribution < 1.29 is 19.1 Å². The maximum absolute atomic E-state index is 12.4. The lowest BCUT2D eigenvalue weighted by Gasteiger charge is -2.09. The molecule has 0 bridgehead atoms. The molecule has 0 N–H and O–H groups in total. The maximum atomic E-state index is 12.4. The van der Waals surface area contributed by atoms with Crippen LogP contribution in [0.4, 0.5) is 0 Å². The molecule has 0 spiro atoms. The lowest BCUT2D eigenvalue weighted by Crippen LogP contribution is -2.06. The van der Waals surface area contributed by atoms with Gasteiger partial charge < -0.3 is 9.47 Å². The fourth-order valence-corrected chi connectivity index (χ4v) is 3.73. The topological polar surface area (TPSA) is 52.6 Å². The Morgan fingerprint density at radius 2 is 0.941 bits per heavy atom. The second-order valence-electron chi connectivity index (χ2n) is 8.77. The van der Waals surface area contributed by atoms with Gasteiger partial charge in [-0.3, -0.25) is 0 Å². The van der Waals surface area contributed by atoms with Gasteiger partial charge in [-0.25, -0.2) is 9.59 Å². The fourth-order valence-electron chi connectivity index (χ4n) is 3.73. The molecule has 4 aromatic carbocycles. The Bertz CT molecular complexity index is 1280. The van der Waals surface area contributed by atoms with Crippen LogP contribution in [0, 0.1) is 27.7 Å². The molecule has 0 aliphatic rings. The van der Waals surface area contributed by atoms with E-state index in [0.717, 1.165) is 44.2 Å². The van der Waals surface area contributed by atoms with Crippen molar-refractivity contribution in [1.82, 2.24) is 0 Å². The van der Waals surface area contributed by atoms with Crippen molar-refractivity contribution in [2.45, 2.75) is 40.9 Å². The molecule has 0 aromatic heterocycles. The van der Waals surface area contributed by atoms with Gasteiger partial charge in [0, 0.05) is 0 Å². The Balaban J connectivity index is 1.38. The molecule has 172 valence electrons. The highest BCUT2D eigenvalue weighted by atomic mass is 16.5. The largest absolute Gasteiger partial charge is 0.457 e. The van der Waals surface area contributed by atoms with Crippen molar-refractivity contribution >= 4 is 22.7 Å². The zero-order valence-electron chi connectivity index (χ0n) is 20.0. The number of hydrogen-bond donors (Lipinski definition) is 0. The number of carbonyl (C=O) groups excluding carboxylic acids is 2. The van der Waals surface area contributed by atoms with Gasteiger partial charge in [0.2, 0.25) is 0 Å². The van der Waals surface area contributed by atoms with Crippen LogP contribution in [0.25, 0.3) is 10.8 Å². The predicted octanol–water partition coefficient (Wildman–Crippen LogP) is 6.79. The average Bonchev–Trinajstić information content (AvgIpc) is 2.84. The van der Waals surface area contributed by atoms with E-state index in [2.05, 4.69) is 0 Å². The highest BCUT2D eigenvalue weighted by molar-refractivity contribution is 5.90. The highest BCUT2D eigenvalue weighted by Gasteiger charge is 2.10. The first kappa shape index (κ1) is 23.2. The third-order valence-corrected chi connectivity index (χ3v) is 6.19. The number of hydrogen-bond acceptors (Lipinski definition) is 4. The van der Waals surface area contributed by atoms with Crippen LogP contribution in [0.2, 0.25) is 0 Å². The minimum absolute atomic E-state index is 0.205. The fraction of sp³-hybridized carbons (Fsp3) is 0.200.